The normalized spacial score (nSPS) is 10.5. The molecule has 9 nitrogen and oxygen atoms in total. The van der Waals surface area contributed by atoms with Crippen molar-refractivity contribution >= 4 is 35.2 Å². The zero-order chi connectivity index (χ0) is 23.4. The van der Waals surface area contributed by atoms with Crippen molar-refractivity contribution < 1.29 is 23.5 Å². The maximum absolute atomic E-state index is 12.7. The van der Waals surface area contributed by atoms with E-state index in [1.165, 1.54) is 6.92 Å². The van der Waals surface area contributed by atoms with E-state index >= 15 is 0 Å². The number of ketones is 1. The Balaban J connectivity index is 1.81. The number of rotatable bonds is 7. The molecule has 2 heterocycles. The first kappa shape index (κ1) is 22.7. The Hall–Kier alpha value is -4.01. The van der Waals surface area contributed by atoms with Gasteiger partial charge in [0.25, 0.3) is 5.91 Å². The molecule has 0 bridgehead atoms. The van der Waals surface area contributed by atoms with Crippen LogP contribution in [-0.4, -0.2) is 34.2 Å². The van der Waals surface area contributed by atoms with Gasteiger partial charge < -0.3 is 14.5 Å². The van der Waals surface area contributed by atoms with Crippen LogP contribution in [0.3, 0.4) is 0 Å². The Morgan fingerprint density at radius 3 is 2.19 bits per heavy atom. The molecule has 3 aromatic rings. The SMILES string of the molecule is CCOC(=O)c1c(NC(=O)c2ccc(Nc3nc(C)cc(C)n3)cc2)oc(C)c1C(C)=O. The van der Waals surface area contributed by atoms with Crippen LogP contribution in [0.25, 0.3) is 0 Å². The summed E-state index contributed by atoms with van der Waals surface area (Å²) in [5, 5.41) is 5.65. The molecule has 2 aromatic heterocycles. The quantitative estimate of drug-likeness (QED) is 0.413. The number of hydrogen-bond donors (Lipinski definition) is 2. The van der Waals surface area contributed by atoms with Gasteiger partial charge in [0.2, 0.25) is 11.8 Å². The highest BCUT2D eigenvalue weighted by atomic mass is 16.5. The van der Waals surface area contributed by atoms with Crippen molar-refractivity contribution in [3.05, 3.63) is 64.2 Å². The predicted octanol–water partition coefficient (Wildman–Crippen LogP) is 4.37. The first-order valence-corrected chi connectivity index (χ1v) is 10.0. The average Bonchev–Trinajstić information content (AvgIpc) is 3.03. The first-order chi connectivity index (χ1) is 15.2. The highest BCUT2D eigenvalue weighted by Crippen LogP contribution is 2.29. The maximum atomic E-state index is 12.7. The van der Waals surface area contributed by atoms with Crippen LogP contribution in [0, 0.1) is 20.8 Å². The number of benzene rings is 1. The van der Waals surface area contributed by atoms with Gasteiger partial charge in [-0.05, 0) is 65.0 Å². The van der Waals surface area contributed by atoms with Crippen LogP contribution < -0.4 is 10.6 Å². The lowest BCUT2D eigenvalue weighted by atomic mass is 10.1. The molecule has 0 aliphatic carbocycles. The monoisotopic (exact) mass is 436 g/mol. The third kappa shape index (κ3) is 5.00. The highest BCUT2D eigenvalue weighted by Gasteiger charge is 2.28. The van der Waals surface area contributed by atoms with Crippen LogP contribution >= 0.6 is 0 Å². The van der Waals surface area contributed by atoms with E-state index in [1.54, 1.807) is 38.1 Å². The molecule has 0 saturated carbocycles. The second-order valence-electron chi connectivity index (χ2n) is 7.14. The number of nitrogens with one attached hydrogen (secondary N) is 2. The molecule has 3 rings (SSSR count). The van der Waals surface area contributed by atoms with Crippen LogP contribution in [0.4, 0.5) is 17.5 Å². The summed E-state index contributed by atoms with van der Waals surface area (Å²) in [6.45, 7) is 8.39. The van der Waals surface area contributed by atoms with Crippen molar-refractivity contribution in [3.63, 3.8) is 0 Å². The van der Waals surface area contributed by atoms with Crippen molar-refractivity contribution in [1.82, 2.24) is 9.97 Å². The average molecular weight is 436 g/mol. The lowest BCUT2D eigenvalue weighted by Crippen LogP contribution is -2.16. The molecular formula is C23H24N4O5. The minimum atomic E-state index is -0.738. The van der Waals surface area contributed by atoms with E-state index in [-0.39, 0.29) is 35.2 Å². The molecule has 0 spiro atoms. The number of hydrogen-bond acceptors (Lipinski definition) is 8. The number of aryl methyl sites for hydroxylation is 3. The number of anilines is 3. The van der Waals surface area contributed by atoms with E-state index in [0.717, 1.165) is 11.4 Å². The third-order valence-electron chi connectivity index (χ3n) is 4.53. The van der Waals surface area contributed by atoms with Gasteiger partial charge in [-0.3, -0.25) is 14.9 Å². The molecule has 0 aliphatic rings. The van der Waals surface area contributed by atoms with Gasteiger partial charge in [-0.1, -0.05) is 0 Å². The summed E-state index contributed by atoms with van der Waals surface area (Å²) in [5.41, 5.74) is 2.71. The third-order valence-corrected chi connectivity index (χ3v) is 4.53. The Morgan fingerprint density at radius 1 is 1.00 bits per heavy atom. The van der Waals surface area contributed by atoms with Crippen LogP contribution in [0.5, 0.6) is 0 Å². The highest BCUT2D eigenvalue weighted by molar-refractivity contribution is 6.12. The molecule has 166 valence electrons. The summed E-state index contributed by atoms with van der Waals surface area (Å²) in [6, 6.07) is 8.49. The summed E-state index contributed by atoms with van der Waals surface area (Å²) < 4.78 is 10.5. The molecule has 0 fully saturated rings. The second-order valence-corrected chi connectivity index (χ2v) is 7.14. The predicted molar refractivity (Wildman–Crippen MR) is 119 cm³/mol. The minimum absolute atomic E-state index is 0.0875. The van der Waals surface area contributed by atoms with Gasteiger partial charge in [0.1, 0.15) is 11.3 Å². The molecule has 0 aliphatic heterocycles. The fourth-order valence-electron chi connectivity index (χ4n) is 3.25. The number of Topliss-reactive ketones (excluding diaryl/α,β-unsaturated/α-hetero) is 1. The molecule has 1 aromatic carbocycles. The number of aromatic nitrogens is 2. The zero-order valence-corrected chi connectivity index (χ0v) is 18.5. The Labute approximate surface area is 185 Å². The molecule has 32 heavy (non-hydrogen) atoms. The van der Waals surface area contributed by atoms with Crippen molar-refractivity contribution in [3.8, 4) is 0 Å². The van der Waals surface area contributed by atoms with E-state index in [1.807, 2.05) is 19.9 Å². The van der Waals surface area contributed by atoms with Crippen molar-refractivity contribution in [2.24, 2.45) is 0 Å². The largest absolute Gasteiger partial charge is 0.462 e. The van der Waals surface area contributed by atoms with E-state index in [0.29, 0.717) is 17.2 Å². The van der Waals surface area contributed by atoms with E-state index in [4.69, 9.17) is 9.15 Å². The maximum Gasteiger partial charge on any atom is 0.344 e. The fraction of sp³-hybridized carbons (Fsp3) is 0.261. The second kappa shape index (κ2) is 9.42. The van der Waals surface area contributed by atoms with Gasteiger partial charge in [-0.15, -0.1) is 0 Å². The number of carbonyl (C=O) groups excluding carboxylic acids is 3. The van der Waals surface area contributed by atoms with Crippen LogP contribution in [0.15, 0.2) is 34.7 Å². The fourth-order valence-corrected chi connectivity index (χ4v) is 3.25. The standard InChI is InChI=1S/C23H24N4O5/c1-6-31-22(30)19-18(14(4)28)15(5)32-21(19)27-20(29)16-7-9-17(10-8-16)26-23-24-12(2)11-13(3)25-23/h7-11H,6H2,1-5H3,(H,27,29)(H,24,25,26). The number of ether oxygens (including phenoxy) is 1. The van der Waals surface area contributed by atoms with Crippen LogP contribution in [0.1, 0.15) is 62.1 Å². The lowest BCUT2D eigenvalue weighted by molar-refractivity contribution is 0.0524. The van der Waals surface area contributed by atoms with Gasteiger partial charge >= 0.3 is 5.97 Å². The number of furan rings is 1. The topological polar surface area (TPSA) is 123 Å². The molecule has 0 unspecified atom stereocenters. The minimum Gasteiger partial charge on any atom is -0.462 e. The van der Waals surface area contributed by atoms with E-state index < -0.39 is 11.9 Å². The molecule has 2 N–H and O–H groups in total. The summed E-state index contributed by atoms with van der Waals surface area (Å²) in [6.07, 6.45) is 0. The molecule has 9 heteroatoms. The Morgan fingerprint density at radius 2 is 1.62 bits per heavy atom. The summed E-state index contributed by atoms with van der Waals surface area (Å²) in [4.78, 5) is 45.8. The molecule has 0 saturated heterocycles. The van der Waals surface area contributed by atoms with Crippen molar-refractivity contribution in [1.29, 1.82) is 0 Å². The first-order valence-electron chi connectivity index (χ1n) is 10.0. The van der Waals surface area contributed by atoms with E-state index in [2.05, 4.69) is 20.6 Å². The van der Waals surface area contributed by atoms with Gasteiger partial charge in [0.05, 0.1) is 12.2 Å². The van der Waals surface area contributed by atoms with Crippen molar-refractivity contribution in [2.75, 3.05) is 17.2 Å². The van der Waals surface area contributed by atoms with Gasteiger partial charge in [0.15, 0.2) is 5.78 Å². The smallest absolute Gasteiger partial charge is 0.344 e. The lowest BCUT2D eigenvalue weighted by Gasteiger charge is -2.08. The Bertz CT molecular complexity index is 1160. The van der Waals surface area contributed by atoms with Gasteiger partial charge in [0, 0.05) is 22.6 Å². The summed E-state index contributed by atoms with van der Waals surface area (Å²) in [5.74, 6) is -1.04. The number of amides is 1. The van der Waals surface area contributed by atoms with Gasteiger partial charge in [-0.2, -0.15) is 0 Å². The molecular weight excluding hydrogens is 412 g/mol. The number of carbonyl (C=O) groups is 3. The summed E-state index contributed by atoms with van der Waals surface area (Å²) >= 11 is 0. The molecule has 0 atom stereocenters. The molecule has 0 radical (unpaired) electrons. The number of nitrogens with zero attached hydrogens (tertiary/aromatic N) is 2. The number of esters is 1. The van der Waals surface area contributed by atoms with E-state index in [9.17, 15) is 14.4 Å². The summed E-state index contributed by atoms with van der Waals surface area (Å²) in [7, 11) is 0. The molecule has 1 amide bonds. The van der Waals surface area contributed by atoms with Crippen LogP contribution in [0.2, 0.25) is 0 Å². The zero-order valence-electron chi connectivity index (χ0n) is 18.5. The van der Waals surface area contributed by atoms with Crippen LogP contribution in [-0.2, 0) is 4.74 Å². The van der Waals surface area contributed by atoms with Crippen molar-refractivity contribution in [2.45, 2.75) is 34.6 Å². The Kier molecular flexibility index (Phi) is 6.67. The van der Waals surface area contributed by atoms with Gasteiger partial charge in [-0.25, -0.2) is 14.8 Å².